The zero-order valence-corrected chi connectivity index (χ0v) is 23.4. The summed E-state index contributed by atoms with van der Waals surface area (Å²) in [5, 5.41) is 3.83. The number of benzene rings is 2. The molecule has 1 atom stereocenters. The van der Waals surface area contributed by atoms with Gasteiger partial charge in [-0.1, -0.05) is 65.8 Å². The summed E-state index contributed by atoms with van der Waals surface area (Å²) in [6.45, 7) is 3.47. The number of hydrogen-bond donors (Lipinski definition) is 1. The lowest BCUT2D eigenvalue weighted by Gasteiger charge is -2.31. The smallest absolute Gasteiger partial charge is 0.244 e. The molecule has 35 heavy (non-hydrogen) atoms. The Morgan fingerprint density at radius 3 is 2.26 bits per heavy atom. The van der Waals surface area contributed by atoms with Gasteiger partial charge in [0.1, 0.15) is 12.6 Å². The standard InChI is InChI=1S/C23H27Cl4N3O4S/c1-4-5-10-28-23(32)15(2)29(13-16-6-8-18(25)19(26)11-16)22(31)14-30(35(3,33)34)21-9-7-17(24)12-20(21)27/h6-9,11-12,15H,4-5,10,13-14H2,1-3H3,(H,28,32). The first-order valence-electron chi connectivity index (χ1n) is 10.8. The van der Waals surface area contributed by atoms with Crippen LogP contribution in [0.3, 0.4) is 0 Å². The molecule has 2 aromatic rings. The minimum Gasteiger partial charge on any atom is -0.354 e. The quantitative estimate of drug-likeness (QED) is 0.359. The monoisotopic (exact) mass is 581 g/mol. The molecular weight excluding hydrogens is 556 g/mol. The van der Waals surface area contributed by atoms with E-state index in [-0.39, 0.29) is 23.2 Å². The number of carbonyl (C=O) groups is 2. The fourth-order valence-corrected chi connectivity index (χ4v) is 4.97. The van der Waals surface area contributed by atoms with Crippen LogP contribution in [0.4, 0.5) is 5.69 Å². The minimum atomic E-state index is -3.91. The van der Waals surface area contributed by atoms with E-state index in [1.165, 1.54) is 23.1 Å². The molecule has 0 saturated carbocycles. The van der Waals surface area contributed by atoms with E-state index < -0.39 is 28.5 Å². The third-order valence-corrected chi connectivity index (χ3v) is 7.59. The third kappa shape index (κ3) is 8.43. The van der Waals surface area contributed by atoms with Crippen molar-refractivity contribution in [3.63, 3.8) is 0 Å². The summed E-state index contributed by atoms with van der Waals surface area (Å²) in [7, 11) is -3.91. The van der Waals surface area contributed by atoms with E-state index in [2.05, 4.69) is 5.32 Å². The number of nitrogens with zero attached hydrogens (tertiary/aromatic N) is 2. The summed E-state index contributed by atoms with van der Waals surface area (Å²) in [6.07, 6.45) is 2.65. The first-order valence-corrected chi connectivity index (χ1v) is 14.1. The molecule has 2 rings (SSSR count). The van der Waals surface area contributed by atoms with Crippen molar-refractivity contribution >= 4 is 73.9 Å². The van der Waals surface area contributed by atoms with Gasteiger partial charge in [0.05, 0.1) is 27.0 Å². The second-order valence-corrected chi connectivity index (χ2v) is 11.5. The highest BCUT2D eigenvalue weighted by molar-refractivity contribution is 7.92. The third-order valence-electron chi connectivity index (χ3n) is 5.19. The number of hydrogen-bond acceptors (Lipinski definition) is 4. The van der Waals surface area contributed by atoms with Gasteiger partial charge in [0.25, 0.3) is 0 Å². The lowest BCUT2D eigenvalue weighted by Crippen LogP contribution is -2.51. The molecule has 2 amide bonds. The second-order valence-electron chi connectivity index (χ2n) is 7.96. The average molecular weight is 583 g/mol. The number of rotatable bonds is 11. The first-order chi connectivity index (χ1) is 16.3. The number of nitrogens with one attached hydrogen (secondary N) is 1. The van der Waals surface area contributed by atoms with Gasteiger partial charge in [0, 0.05) is 18.1 Å². The van der Waals surface area contributed by atoms with E-state index in [9.17, 15) is 18.0 Å². The highest BCUT2D eigenvalue weighted by Gasteiger charge is 2.30. The highest BCUT2D eigenvalue weighted by Crippen LogP contribution is 2.31. The predicted molar refractivity (Wildman–Crippen MR) is 143 cm³/mol. The number of amides is 2. The van der Waals surface area contributed by atoms with E-state index in [4.69, 9.17) is 46.4 Å². The van der Waals surface area contributed by atoms with Crippen molar-refractivity contribution in [2.45, 2.75) is 39.3 Å². The van der Waals surface area contributed by atoms with Crippen LogP contribution in [-0.2, 0) is 26.2 Å². The van der Waals surface area contributed by atoms with Gasteiger partial charge in [0.15, 0.2) is 0 Å². The van der Waals surface area contributed by atoms with E-state index in [1.807, 2.05) is 6.92 Å². The molecule has 0 aromatic heterocycles. The fraction of sp³-hybridized carbons (Fsp3) is 0.391. The number of unbranched alkanes of at least 4 members (excludes halogenated alkanes) is 1. The van der Waals surface area contributed by atoms with Gasteiger partial charge >= 0.3 is 0 Å². The van der Waals surface area contributed by atoms with Crippen LogP contribution in [0.5, 0.6) is 0 Å². The molecule has 0 fully saturated rings. The van der Waals surface area contributed by atoms with Crippen molar-refractivity contribution in [3.05, 3.63) is 62.1 Å². The Morgan fingerprint density at radius 2 is 1.69 bits per heavy atom. The Morgan fingerprint density at radius 1 is 1.00 bits per heavy atom. The van der Waals surface area contributed by atoms with Crippen LogP contribution in [0.15, 0.2) is 36.4 Å². The number of carbonyl (C=O) groups excluding carboxylic acids is 2. The molecule has 0 heterocycles. The molecule has 0 aliphatic rings. The Hall–Kier alpha value is -1.71. The molecule has 0 radical (unpaired) electrons. The average Bonchev–Trinajstić information content (AvgIpc) is 2.77. The maximum Gasteiger partial charge on any atom is 0.244 e. The summed E-state index contributed by atoms with van der Waals surface area (Å²) in [5.41, 5.74) is 0.720. The van der Waals surface area contributed by atoms with E-state index in [0.717, 1.165) is 23.4 Å². The van der Waals surface area contributed by atoms with E-state index >= 15 is 0 Å². The molecule has 1 unspecified atom stereocenters. The van der Waals surface area contributed by atoms with Gasteiger partial charge in [-0.25, -0.2) is 8.42 Å². The maximum atomic E-state index is 13.5. The molecule has 192 valence electrons. The van der Waals surface area contributed by atoms with Crippen molar-refractivity contribution in [1.82, 2.24) is 10.2 Å². The van der Waals surface area contributed by atoms with Gasteiger partial charge in [-0.15, -0.1) is 0 Å². The van der Waals surface area contributed by atoms with Gasteiger partial charge < -0.3 is 10.2 Å². The largest absolute Gasteiger partial charge is 0.354 e. The fourth-order valence-electron chi connectivity index (χ4n) is 3.23. The topological polar surface area (TPSA) is 86.8 Å². The zero-order valence-electron chi connectivity index (χ0n) is 19.5. The predicted octanol–water partition coefficient (Wildman–Crippen LogP) is 5.40. The van der Waals surface area contributed by atoms with Crippen molar-refractivity contribution < 1.29 is 18.0 Å². The lowest BCUT2D eigenvalue weighted by atomic mass is 10.1. The zero-order chi connectivity index (χ0) is 26.3. The molecule has 0 saturated heterocycles. The maximum absolute atomic E-state index is 13.5. The van der Waals surface area contributed by atoms with E-state index in [0.29, 0.717) is 27.2 Å². The molecule has 0 aliphatic carbocycles. The summed E-state index contributed by atoms with van der Waals surface area (Å²) < 4.78 is 26.1. The molecule has 2 aromatic carbocycles. The van der Waals surface area contributed by atoms with Crippen LogP contribution in [0.1, 0.15) is 32.3 Å². The molecule has 7 nitrogen and oxygen atoms in total. The molecule has 0 aliphatic heterocycles. The number of halogens is 4. The number of sulfonamides is 1. The normalized spacial score (nSPS) is 12.2. The van der Waals surface area contributed by atoms with Crippen molar-refractivity contribution in [2.24, 2.45) is 0 Å². The lowest BCUT2D eigenvalue weighted by molar-refractivity contribution is -0.139. The Labute approximate surface area is 226 Å². The Balaban J connectivity index is 2.40. The Kier molecular flexibility index (Phi) is 11.0. The number of anilines is 1. The summed E-state index contributed by atoms with van der Waals surface area (Å²) in [6, 6.07) is 8.25. The van der Waals surface area contributed by atoms with Crippen LogP contribution < -0.4 is 9.62 Å². The van der Waals surface area contributed by atoms with Crippen LogP contribution in [-0.4, -0.2) is 50.5 Å². The van der Waals surface area contributed by atoms with Gasteiger partial charge in [-0.3, -0.25) is 13.9 Å². The van der Waals surface area contributed by atoms with Crippen LogP contribution in [0.2, 0.25) is 20.1 Å². The Bertz CT molecular complexity index is 1180. The van der Waals surface area contributed by atoms with Gasteiger partial charge in [-0.05, 0) is 49.2 Å². The summed E-state index contributed by atoms with van der Waals surface area (Å²) in [5.74, 6) is -0.965. The van der Waals surface area contributed by atoms with Crippen molar-refractivity contribution in [1.29, 1.82) is 0 Å². The SMILES string of the molecule is CCCCNC(=O)C(C)N(Cc1ccc(Cl)c(Cl)c1)C(=O)CN(c1ccc(Cl)cc1Cl)S(C)(=O)=O. The van der Waals surface area contributed by atoms with Crippen molar-refractivity contribution in [2.75, 3.05) is 23.7 Å². The molecule has 1 N–H and O–H groups in total. The van der Waals surface area contributed by atoms with Gasteiger partial charge in [0.2, 0.25) is 21.8 Å². The van der Waals surface area contributed by atoms with Crippen LogP contribution in [0.25, 0.3) is 0 Å². The molecule has 0 spiro atoms. The molecule has 12 heteroatoms. The molecule has 0 bridgehead atoms. The molecular formula is C23H27Cl4N3O4S. The van der Waals surface area contributed by atoms with E-state index in [1.54, 1.807) is 25.1 Å². The van der Waals surface area contributed by atoms with Crippen molar-refractivity contribution in [3.8, 4) is 0 Å². The highest BCUT2D eigenvalue weighted by atomic mass is 35.5. The summed E-state index contributed by atoms with van der Waals surface area (Å²) >= 11 is 24.3. The second kappa shape index (κ2) is 13.0. The summed E-state index contributed by atoms with van der Waals surface area (Å²) in [4.78, 5) is 27.6. The minimum absolute atomic E-state index is 0.00401. The van der Waals surface area contributed by atoms with Crippen LogP contribution in [0, 0.1) is 0 Å². The van der Waals surface area contributed by atoms with Crippen LogP contribution >= 0.6 is 46.4 Å². The van der Waals surface area contributed by atoms with Gasteiger partial charge in [-0.2, -0.15) is 0 Å². The first kappa shape index (κ1) is 29.5.